The van der Waals surface area contributed by atoms with Crippen LogP contribution in [0.3, 0.4) is 0 Å². The monoisotopic (exact) mass is 253 g/mol. The summed E-state index contributed by atoms with van der Waals surface area (Å²) >= 11 is 0. The molecule has 3 heteroatoms. The number of nitrogens with zero attached hydrogens (tertiary/aromatic N) is 3. The molecule has 0 saturated carbocycles. The Balaban J connectivity index is 1.55. The van der Waals surface area contributed by atoms with E-state index in [0.717, 1.165) is 19.6 Å². The SMILES string of the molecule is c1ccc(CN2CCC(c3ccncc3)CC2)nc1. The summed E-state index contributed by atoms with van der Waals surface area (Å²) in [5, 5.41) is 0. The van der Waals surface area contributed by atoms with Crippen molar-refractivity contribution in [2.75, 3.05) is 13.1 Å². The standard InChI is InChI=1S/C16H19N3/c1-2-8-18-16(3-1)13-19-11-6-15(7-12-19)14-4-9-17-10-5-14/h1-5,8-10,15H,6-7,11-13H2. The fourth-order valence-electron chi connectivity index (χ4n) is 2.78. The van der Waals surface area contributed by atoms with Gasteiger partial charge in [0.2, 0.25) is 0 Å². The van der Waals surface area contributed by atoms with Crippen molar-refractivity contribution in [2.24, 2.45) is 0 Å². The van der Waals surface area contributed by atoms with Gasteiger partial charge in [0.05, 0.1) is 5.69 Å². The van der Waals surface area contributed by atoms with Crippen molar-refractivity contribution in [2.45, 2.75) is 25.3 Å². The highest BCUT2D eigenvalue weighted by Gasteiger charge is 2.20. The maximum absolute atomic E-state index is 4.40. The predicted octanol–water partition coefficient (Wildman–Crippen LogP) is 2.86. The minimum Gasteiger partial charge on any atom is -0.297 e. The van der Waals surface area contributed by atoms with Crippen LogP contribution in [0.1, 0.15) is 30.0 Å². The molecule has 98 valence electrons. The van der Waals surface area contributed by atoms with Gasteiger partial charge in [-0.05, 0) is 61.7 Å². The van der Waals surface area contributed by atoms with Gasteiger partial charge >= 0.3 is 0 Å². The molecule has 0 spiro atoms. The lowest BCUT2D eigenvalue weighted by molar-refractivity contribution is 0.202. The smallest absolute Gasteiger partial charge is 0.0543 e. The van der Waals surface area contributed by atoms with Crippen molar-refractivity contribution in [3.8, 4) is 0 Å². The Bertz CT molecular complexity index is 490. The Hall–Kier alpha value is -1.74. The molecule has 1 aliphatic rings. The minimum atomic E-state index is 0.697. The molecule has 3 nitrogen and oxygen atoms in total. The number of likely N-dealkylation sites (tertiary alicyclic amines) is 1. The Morgan fingerprint density at radius 3 is 2.47 bits per heavy atom. The number of piperidine rings is 1. The lowest BCUT2D eigenvalue weighted by Gasteiger charge is -2.31. The molecular formula is C16H19N3. The third kappa shape index (κ3) is 3.18. The molecule has 0 aromatic carbocycles. The molecule has 0 amide bonds. The van der Waals surface area contributed by atoms with Crippen molar-refractivity contribution < 1.29 is 0 Å². The highest BCUT2D eigenvalue weighted by atomic mass is 15.1. The predicted molar refractivity (Wildman–Crippen MR) is 75.7 cm³/mol. The summed E-state index contributed by atoms with van der Waals surface area (Å²) in [6.45, 7) is 3.29. The summed E-state index contributed by atoms with van der Waals surface area (Å²) in [5.41, 5.74) is 2.61. The van der Waals surface area contributed by atoms with Crippen LogP contribution in [0.5, 0.6) is 0 Å². The maximum Gasteiger partial charge on any atom is 0.0543 e. The molecule has 0 aliphatic carbocycles. The summed E-state index contributed by atoms with van der Waals surface area (Å²) in [5.74, 6) is 0.697. The zero-order valence-corrected chi connectivity index (χ0v) is 11.1. The average molecular weight is 253 g/mol. The fraction of sp³-hybridized carbons (Fsp3) is 0.375. The molecule has 0 unspecified atom stereocenters. The van der Waals surface area contributed by atoms with Crippen LogP contribution in [0.15, 0.2) is 48.9 Å². The van der Waals surface area contributed by atoms with Crippen LogP contribution in [-0.2, 0) is 6.54 Å². The van der Waals surface area contributed by atoms with Crippen LogP contribution in [0.4, 0.5) is 0 Å². The second kappa shape index (κ2) is 5.93. The molecule has 1 fully saturated rings. The van der Waals surface area contributed by atoms with Gasteiger partial charge in [-0.3, -0.25) is 14.9 Å². The van der Waals surface area contributed by atoms with Crippen molar-refractivity contribution >= 4 is 0 Å². The quantitative estimate of drug-likeness (QED) is 0.842. The van der Waals surface area contributed by atoms with E-state index >= 15 is 0 Å². The number of hydrogen-bond donors (Lipinski definition) is 0. The number of aromatic nitrogens is 2. The van der Waals surface area contributed by atoms with Gasteiger partial charge in [-0.2, -0.15) is 0 Å². The summed E-state index contributed by atoms with van der Waals surface area (Å²) < 4.78 is 0. The van der Waals surface area contributed by atoms with Gasteiger partial charge in [0.1, 0.15) is 0 Å². The van der Waals surface area contributed by atoms with E-state index in [2.05, 4.69) is 39.1 Å². The maximum atomic E-state index is 4.40. The minimum absolute atomic E-state index is 0.697. The van der Waals surface area contributed by atoms with E-state index in [9.17, 15) is 0 Å². The third-order valence-corrected chi connectivity index (χ3v) is 3.88. The van der Waals surface area contributed by atoms with E-state index in [1.54, 1.807) is 0 Å². The zero-order chi connectivity index (χ0) is 12.9. The van der Waals surface area contributed by atoms with Crippen molar-refractivity contribution in [3.05, 3.63) is 60.2 Å². The molecule has 1 aliphatic heterocycles. The van der Waals surface area contributed by atoms with Crippen LogP contribution < -0.4 is 0 Å². The van der Waals surface area contributed by atoms with Gasteiger partial charge in [0.15, 0.2) is 0 Å². The van der Waals surface area contributed by atoms with Gasteiger partial charge in [-0.25, -0.2) is 0 Å². The first-order valence-corrected chi connectivity index (χ1v) is 6.94. The molecule has 2 aromatic heterocycles. The number of rotatable bonds is 3. The summed E-state index contributed by atoms with van der Waals surface area (Å²) in [6.07, 6.45) is 8.14. The Morgan fingerprint density at radius 1 is 1.00 bits per heavy atom. The summed E-state index contributed by atoms with van der Waals surface area (Å²) in [6, 6.07) is 10.4. The molecule has 2 aromatic rings. The van der Waals surface area contributed by atoms with Crippen molar-refractivity contribution in [1.29, 1.82) is 0 Å². The Kier molecular flexibility index (Phi) is 3.84. The van der Waals surface area contributed by atoms with Crippen LogP contribution in [0, 0.1) is 0 Å². The molecular weight excluding hydrogens is 234 g/mol. The Labute approximate surface area is 114 Å². The van der Waals surface area contributed by atoms with Crippen LogP contribution in [0.25, 0.3) is 0 Å². The van der Waals surface area contributed by atoms with Crippen LogP contribution in [-0.4, -0.2) is 28.0 Å². The molecule has 3 rings (SSSR count). The van der Waals surface area contributed by atoms with E-state index in [0.29, 0.717) is 5.92 Å². The van der Waals surface area contributed by atoms with E-state index in [-0.39, 0.29) is 0 Å². The highest BCUT2D eigenvalue weighted by Crippen LogP contribution is 2.27. The lowest BCUT2D eigenvalue weighted by atomic mass is 9.90. The highest BCUT2D eigenvalue weighted by molar-refractivity contribution is 5.16. The summed E-state index contributed by atoms with van der Waals surface area (Å²) in [4.78, 5) is 11.0. The molecule has 0 N–H and O–H groups in total. The largest absolute Gasteiger partial charge is 0.297 e. The van der Waals surface area contributed by atoms with E-state index in [4.69, 9.17) is 0 Å². The van der Waals surface area contributed by atoms with Gasteiger partial charge < -0.3 is 0 Å². The second-order valence-electron chi connectivity index (χ2n) is 5.15. The molecule has 0 bridgehead atoms. The topological polar surface area (TPSA) is 29.0 Å². The molecule has 19 heavy (non-hydrogen) atoms. The van der Waals surface area contributed by atoms with E-state index in [1.165, 1.54) is 24.1 Å². The van der Waals surface area contributed by atoms with Gasteiger partial charge in [-0.15, -0.1) is 0 Å². The third-order valence-electron chi connectivity index (χ3n) is 3.88. The molecule has 3 heterocycles. The lowest BCUT2D eigenvalue weighted by Crippen LogP contribution is -2.32. The zero-order valence-electron chi connectivity index (χ0n) is 11.1. The first kappa shape index (κ1) is 12.3. The molecule has 0 atom stereocenters. The first-order valence-electron chi connectivity index (χ1n) is 6.94. The van der Waals surface area contributed by atoms with E-state index < -0.39 is 0 Å². The van der Waals surface area contributed by atoms with Crippen molar-refractivity contribution in [3.63, 3.8) is 0 Å². The molecule has 1 saturated heterocycles. The average Bonchev–Trinajstić information content (AvgIpc) is 2.50. The second-order valence-corrected chi connectivity index (χ2v) is 5.15. The van der Waals surface area contributed by atoms with Crippen molar-refractivity contribution in [1.82, 2.24) is 14.9 Å². The van der Waals surface area contributed by atoms with Gasteiger partial charge in [-0.1, -0.05) is 6.07 Å². The molecule has 0 radical (unpaired) electrons. The van der Waals surface area contributed by atoms with Gasteiger partial charge in [0, 0.05) is 25.1 Å². The van der Waals surface area contributed by atoms with E-state index in [1.807, 2.05) is 24.7 Å². The number of pyridine rings is 2. The number of hydrogen-bond acceptors (Lipinski definition) is 3. The normalized spacial score (nSPS) is 17.5. The van der Waals surface area contributed by atoms with Crippen LogP contribution >= 0.6 is 0 Å². The van der Waals surface area contributed by atoms with Crippen LogP contribution in [0.2, 0.25) is 0 Å². The summed E-state index contributed by atoms with van der Waals surface area (Å²) in [7, 11) is 0. The van der Waals surface area contributed by atoms with Gasteiger partial charge in [0.25, 0.3) is 0 Å². The first-order chi connectivity index (χ1) is 9.42. The Morgan fingerprint density at radius 2 is 1.79 bits per heavy atom. The fourth-order valence-corrected chi connectivity index (χ4v) is 2.78.